The smallest absolute Gasteiger partial charge is 0.223 e. The zero-order chi connectivity index (χ0) is 17.0. The van der Waals surface area contributed by atoms with Crippen molar-refractivity contribution in [2.24, 2.45) is 0 Å². The van der Waals surface area contributed by atoms with Crippen molar-refractivity contribution >= 4 is 15.7 Å². The minimum atomic E-state index is -3.54. The van der Waals surface area contributed by atoms with Crippen LogP contribution in [0.2, 0.25) is 0 Å². The maximum atomic E-state index is 12.5. The molecule has 0 unspecified atom stereocenters. The van der Waals surface area contributed by atoms with Crippen molar-refractivity contribution in [3.63, 3.8) is 0 Å². The van der Waals surface area contributed by atoms with Crippen molar-refractivity contribution < 1.29 is 22.7 Å². The van der Waals surface area contributed by atoms with Crippen LogP contribution in [-0.4, -0.2) is 64.4 Å². The van der Waals surface area contributed by atoms with Crippen LogP contribution in [0.4, 0.5) is 0 Å². The van der Waals surface area contributed by atoms with Gasteiger partial charge in [-0.25, -0.2) is 8.42 Å². The second-order valence-corrected chi connectivity index (χ2v) is 7.97. The summed E-state index contributed by atoms with van der Waals surface area (Å²) in [5, 5.41) is 3.22. The van der Waals surface area contributed by atoms with Gasteiger partial charge in [0.1, 0.15) is 13.2 Å². The summed E-state index contributed by atoms with van der Waals surface area (Å²) < 4.78 is 35.8. The summed E-state index contributed by atoms with van der Waals surface area (Å²) >= 11 is 0. The molecule has 1 N–H and O–H groups in total. The van der Waals surface area contributed by atoms with Crippen LogP contribution >= 0.6 is 0 Å². The maximum absolute atomic E-state index is 12.5. The van der Waals surface area contributed by atoms with Gasteiger partial charge in [0.15, 0.2) is 21.3 Å². The number of rotatable bonds is 4. The number of fused-ring (bicyclic) bond motifs is 1. The highest BCUT2D eigenvalue weighted by atomic mass is 32.2. The first kappa shape index (κ1) is 17.0. The van der Waals surface area contributed by atoms with E-state index in [2.05, 4.69) is 5.32 Å². The molecule has 1 saturated heterocycles. The average Bonchev–Trinajstić information content (AvgIpc) is 2.89. The molecule has 0 aliphatic carbocycles. The van der Waals surface area contributed by atoms with Crippen molar-refractivity contribution in [3.05, 3.63) is 18.2 Å². The maximum Gasteiger partial charge on any atom is 0.223 e. The number of carbonyl (C=O) groups excluding carboxylic acids is 1. The fourth-order valence-electron chi connectivity index (χ4n) is 2.81. The average molecular weight is 354 g/mol. The van der Waals surface area contributed by atoms with Crippen LogP contribution < -0.4 is 14.8 Å². The number of hydrogen-bond acceptors (Lipinski definition) is 6. The van der Waals surface area contributed by atoms with E-state index in [1.807, 2.05) is 0 Å². The van der Waals surface area contributed by atoms with Crippen molar-refractivity contribution in [3.8, 4) is 11.5 Å². The van der Waals surface area contributed by atoms with Crippen LogP contribution in [0.15, 0.2) is 23.1 Å². The van der Waals surface area contributed by atoms with E-state index in [-0.39, 0.29) is 23.0 Å². The van der Waals surface area contributed by atoms with Gasteiger partial charge in [-0.15, -0.1) is 0 Å². The van der Waals surface area contributed by atoms with E-state index < -0.39 is 9.84 Å². The van der Waals surface area contributed by atoms with Crippen LogP contribution in [0, 0.1) is 0 Å². The SMILES string of the molecule is O=C(CCS(=O)(=O)c1ccc2c(c1)OCCO2)N1CCCNCC1. The van der Waals surface area contributed by atoms with Crippen LogP contribution in [-0.2, 0) is 14.6 Å². The minimum absolute atomic E-state index is 0.00320. The van der Waals surface area contributed by atoms with Crippen LogP contribution in [0.5, 0.6) is 11.5 Å². The van der Waals surface area contributed by atoms with Gasteiger partial charge in [0.25, 0.3) is 0 Å². The Balaban J connectivity index is 1.64. The van der Waals surface area contributed by atoms with Gasteiger partial charge in [-0.3, -0.25) is 4.79 Å². The van der Waals surface area contributed by atoms with Crippen molar-refractivity contribution in [1.82, 2.24) is 10.2 Å². The monoisotopic (exact) mass is 354 g/mol. The Morgan fingerprint density at radius 1 is 1.12 bits per heavy atom. The van der Waals surface area contributed by atoms with Crippen molar-refractivity contribution in [1.29, 1.82) is 0 Å². The molecule has 2 aliphatic rings. The van der Waals surface area contributed by atoms with Gasteiger partial charge in [0.2, 0.25) is 5.91 Å². The highest BCUT2D eigenvalue weighted by Crippen LogP contribution is 2.32. The summed E-state index contributed by atoms with van der Waals surface area (Å²) in [5.41, 5.74) is 0. The second-order valence-electron chi connectivity index (χ2n) is 5.86. The molecule has 2 aliphatic heterocycles. The molecule has 7 nitrogen and oxygen atoms in total. The predicted molar refractivity (Wildman–Crippen MR) is 88.2 cm³/mol. The van der Waals surface area contributed by atoms with Gasteiger partial charge >= 0.3 is 0 Å². The Morgan fingerprint density at radius 2 is 1.92 bits per heavy atom. The molecule has 8 heteroatoms. The van der Waals surface area contributed by atoms with Gasteiger partial charge in [0, 0.05) is 32.1 Å². The van der Waals surface area contributed by atoms with Gasteiger partial charge < -0.3 is 19.7 Å². The van der Waals surface area contributed by atoms with E-state index in [1.165, 1.54) is 12.1 Å². The number of sulfone groups is 1. The molecule has 3 rings (SSSR count). The summed E-state index contributed by atoms with van der Waals surface area (Å²) in [4.78, 5) is 14.1. The fraction of sp³-hybridized carbons (Fsp3) is 0.562. The molecule has 0 aromatic heterocycles. The molecular weight excluding hydrogens is 332 g/mol. The predicted octanol–water partition coefficient (Wildman–Crippen LogP) is 0.444. The molecule has 2 heterocycles. The molecule has 1 aromatic rings. The number of carbonyl (C=O) groups is 1. The fourth-order valence-corrected chi connectivity index (χ4v) is 4.05. The summed E-state index contributed by atoms with van der Waals surface area (Å²) in [5.74, 6) is 0.676. The Kier molecular flexibility index (Phi) is 5.25. The van der Waals surface area contributed by atoms with E-state index in [9.17, 15) is 13.2 Å². The van der Waals surface area contributed by atoms with Gasteiger partial charge in [0.05, 0.1) is 10.6 Å². The standard InChI is InChI=1S/C16H22N2O5S/c19-16(18-7-1-5-17-6-8-18)4-11-24(20,21)13-2-3-14-15(12-13)23-10-9-22-14/h2-3,12,17H,1,4-11H2. The van der Waals surface area contributed by atoms with Gasteiger partial charge in [-0.05, 0) is 25.1 Å². The quantitative estimate of drug-likeness (QED) is 0.845. The molecule has 0 bridgehead atoms. The van der Waals surface area contributed by atoms with Gasteiger partial charge in [-0.1, -0.05) is 0 Å². The number of nitrogens with one attached hydrogen (secondary N) is 1. The molecule has 1 aromatic carbocycles. The molecular formula is C16H22N2O5S. The highest BCUT2D eigenvalue weighted by Gasteiger charge is 2.22. The van der Waals surface area contributed by atoms with E-state index in [4.69, 9.17) is 9.47 Å². The zero-order valence-corrected chi connectivity index (χ0v) is 14.3. The first-order chi connectivity index (χ1) is 11.6. The lowest BCUT2D eigenvalue weighted by molar-refractivity contribution is -0.130. The Bertz CT molecular complexity index is 696. The van der Waals surface area contributed by atoms with E-state index in [0.29, 0.717) is 37.8 Å². The lowest BCUT2D eigenvalue weighted by Crippen LogP contribution is -2.35. The third kappa shape index (κ3) is 3.99. The third-order valence-electron chi connectivity index (χ3n) is 4.15. The first-order valence-corrected chi connectivity index (χ1v) is 9.82. The van der Waals surface area contributed by atoms with E-state index >= 15 is 0 Å². The van der Waals surface area contributed by atoms with E-state index in [1.54, 1.807) is 11.0 Å². The molecule has 0 atom stereocenters. The number of nitrogens with zero attached hydrogens (tertiary/aromatic N) is 1. The van der Waals surface area contributed by atoms with Crippen molar-refractivity contribution in [2.45, 2.75) is 17.7 Å². The Labute approximate surface area is 141 Å². The number of amides is 1. The summed E-state index contributed by atoms with van der Waals surface area (Å²) in [6.07, 6.45) is 0.886. The van der Waals surface area contributed by atoms with Crippen LogP contribution in [0.3, 0.4) is 0 Å². The second kappa shape index (κ2) is 7.40. The topological polar surface area (TPSA) is 84.9 Å². The third-order valence-corrected chi connectivity index (χ3v) is 5.86. The van der Waals surface area contributed by atoms with Crippen molar-refractivity contribution in [2.75, 3.05) is 45.1 Å². The molecule has 1 fully saturated rings. The molecule has 1 amide bonds. The highest BCUT2D eigenvalue weighted by molar-refractivity contribution is 7.91. The Hall–Kier alpha value is -1.80. The van der Waals surface area contributed by atoms with E-state index in [0.717, 1.165) is 19.5 Å². The zero-order valence-electron chi connectivity index (χ0n) is 13.5. The normalized spacial score (nSPS) is 18.1. The molecule has 0 radical (unpaired) electrons. The van der Waals surface area contributed by atoms with Gasteiger partial charge in [-0.2, -0.15) is 0 Å². The number of benzene rings is 1. The summed E-state index contributed by atoms with van der Waals surface area (Å²) in [7, 11) is -3.54. The summed E-state index contributed by atoms with van der Waals surface area (Å²) in [6, 6.07) is 4.58. The lowest BCUT2D eigenvalue weighted by Gasteiger charge is -2.20. The summed E-state index contributed by atoms with van der Waals surface area (Å²) in [6.45, 7) is 3.80. The molecule has 0 saturated carbocycles. The minimum Gasteiger partial charge on any atom is -0.486 e. The first-order valence-electron chi connectivity index (χ1n) is 8.17. The number of hydrogen-bond donors (Lipinski definition) is 1. The molecule has 0 spiro atoms. The largest absolute Gasteiger partial charge is 0.486 e. The van der Waals surface area contributed by atoms with Crippen LogP contribution in [0.1, 0.15) is 12.8 Å². The lowest BCUT2D eigenvalue weighted by atomic mass is 10.3. The number of ether oxygens (including phenoxy) is 2. The molecule has 24 heavy (non-hydrogen) atoms. The molecule has 132 valence electrons. The Morgan fingerprint density at radius 3 is 2.75 bits per heavy atom. The van der Waals surface area contributed by atoms with Crippen LogP contribution in [0.25, 0.3) is 0 Å².